The van der Waals surface area contributed by atoms with Gasteiger partial charge in [0.2, 0.25) is 0 Å². The van der Waals surface area contributed by atoms with E-state index in [0.717, 1.165) is 60.7 Å². The molecule has 1 unspecified atom stereocenters. The minimum absolute atomic E-state index is 0.157. The van der Waals surface area contributed by atoms with Crippen LogP contribution in [-0.4, -0.2) is 37.7 Å². The number of ether oxygens (including phenoxy) is 1. The highest BCUT2D eigenvalue weighted by Gasteiger charge is 2.32. The maximum absolute atomic E-state index is 6.91. The zero-order valence-corrected chi connectivity index (χ0v) is 20.1. The SMILES string of the molecule is COc1ccccc1CC[C@H]1CN(C2=C(N)c3ccccc3C(N)c3sc(C)cc32)CCN1. The molecule has 1 aromatic heterocycles. The van der Waals surface area contributed by atoms with E-state index in [2.05, 4.69) is 59.6 Å². The number of benzene rings is 2. The minimum atomic E-state index is -0.157. The maximum Gasteiger partial charge on any atom is 0.122 e. The summed E-state index contributed by atoms with van der Waals surface area (Å²) in [6, 6.07) is 19.1. The van der Waals surface area contributed by atoms with Crippen LogP contribution in [-0.2, 0) is 6.42 Å². The summed E-state index contributed by atoms with van der Waals surface area (Å²) in [5.74, 6) is 0.963. The number of aryl methyl sites for hydroxylation is 2. The predicted molar refractivity (Wildman–Crippen MR) is 137 cm³/mol. The van der Waals surface area contributed by atoms with Crippen molar-refractivity contribution in [1.29, 1.82) is 0 Å². The van der Waals surface area contributed by atoms with Crippen molar-refractivity contribution in [2.45, 2.75) is 31.8 Å². The van der Waals surface area contributed by atoms with Crippen LogP contribution in [0.25, 0.3) is 11.4 Å². The van der Waals surface area contributed by atoms with Gasteiger partial charge in [-0.1, -0.05) is 42.5 Å². The second-order valence-electron chi connectivity index (χ2n) is 8.91. The lowest BCUT2D eigenvalue weighted by Gasteiger charge is -2.37. The number of piperazine rings is 1. The summed E-state index contributed by atoms with van der Waals surface area (Å²) in [5, 5.41) is 3.72. The molecule has 2 atom stereocenters. The summed E-state index contributed by atoms with van der Waals surface area (Å²) in [6.45, 7) is 4.92. The van der Waals surface area contributed by atoms with Gasteiger partial charge >= 0.3 is 0 Å². The molecule has 5 N–H and O–H groups in total. The average molecular weight is 461 g/mol. The Balaban J connectivity index is 1.45. The Bertz CT molecular complexity index is 1180. The van der Waals surface area contributed by atoms with E-state index in [-0.39, 0.29) is 6.04 Å². The summed E-state index contributed by atoms with van der Waals surface area (Å²) in [6.07, 6.45) is 2.01. The number of para-hydroxylation sites is 1. The summed E-state index contributed by atoms with van der Waals surface area (Å²) in [5.41, 5.74) is 20.3. The van der Waals surface area contributed by atoms with Crippen molar-refractivity contribution >= 4 is 22.7 Å². The molecule has 6 heteroatoms. The molecule has 0 radical (unpaired) electrons. The van der Waals surface area contributed by atoms with Gasteiger partial charge in [-0.2, -0.15) is 0 Å². The molecule has 1 aliphatic carbocycles. The van der Waals surface area contributed by atoms with Gasteiger partial charge in [0.05, 0.1) is 24.5 Å². The second-order valence-corrected chi connectivity index (χ2v) is 10.2. The van der Waals surface area contributed by atoms with Gasteiger partial charge in [-0.3, -0.25) is 0 Å². The van der Waals surface area contributed by atoms with Crippen molar-refractivity contribution in [3.8, 4) is 5.75 Å². The Morgan fingerprint density at radius 2 is 1.91 bits per heavy atom. The highest BCUT2D eigenvalue weighted by molar-refractivity contribution is 7.12. The number of nitrogens with zero attached hydrogens (tertiary/aromatic N) is 1. The van der Waals surface area contributed by atoms with E-state index in [9.17, 15) is 0 Å². The molecule has 172 valence electrons. The standard InChI is InChI=1S/C27H32N4OS/c1-17-15-22-26(24(28)20-8-4-5-9-21(20)25(29)27(22)33-17)31-14-13-30-19(16-31)12-11-18-7-3-6-10-23(18)32-2/h3-10,15,19,25,30H,11-14,16,28-29H2,1-2H3/t19-,25?/m0/s1. The number of rotatable bonds is 5. The van der Waals surface area contributed by atoms with Crippen molar-refractivity contribution in [3.63, 3.8) is 0 Å². The Hall–Kier alpha value is -2.80. The van der Waals surface area contributed by atoms with Crippen LogP contribution in [0.4, 0.5) is 0 Å². The fourth-order valence-corrected chi connectivity index (χ4v) is 6.22. The lowest BCUT2D eigenvalue weighted by molar-refractivity contribution is 0.269. The van der Waals surface area contributed by atoms with E-state index in [1.807, 2.05) is 12.1 Å². The molecular formula is C27H32N4OS. The lowest BCUT2D eigenvalue weighted by atomic mass is 9.99. The molecular weight excluding hydrogens is 428 g/mol. The molecule has 0 spiro atoms. The van der Waals surface area contributed by atoms with Crippen molar-refractivity contribution in [3.05, 3.63) is 86.6 Å². The zero-order valence-electron chi connectivity index (χ0n) is 19.3. The number of fused-ring (bicyclic) bond motifs is 2. The highest BCUT2D eigenvalue weighted by atomic mass is 32.1. The van der Waals surface area contributed by atoms with Gasteiger partial charge in [-0.25, -0.2) is 0 Å². The van der Waals surface area contributed by atoms with Gasteiger partial charge in [-0.15, -0.1) is 11.3 Å². The molecule has 0 bridgehead atoms. The molecule has 0 amide bonds. The summed E-state index contributed by atoms with van der Waals surface area (Å²) < 4.78 is 5.55. The molecule has 3 aromatic rings. The van der Waals surface area contributed by atoms with Gasteiger partial charge in [-0.05, 0) is 43.0 Å². The van der Waals surface area contributed by atoms with Gasteiger partial charge in [0.25, 0.3) is 0 Å². The fourth-order valence-electron chi connectivity index (χ4n) is 5.18. The topological polar surface area (TPSA) is 76.5 Å². The molecule has 1 saturated heterocycles. The molecule has 1 aliphatic heterocycles. The fraction of sp³-hybridized carbons (Fsp3) is 0.333. The van der Waals surface area contributed by atoms with Crippen LogP contribution in [0, 0.1) is 6.92 Å². The average Bonchev–Trinajstić information content (AvgIpc) is 3.20. The Labute approximate surface area is 200 Å². The Morgan fingerprint density at radius 1 is 1.12 bits per heavy atom. The number of nitrogens with one attached hydrogen (secondary N) is 1. The van der Waals surface area contributed by atoms with Gasteiger partial charge < -0.3 is 26.4 Å². The molecule has 0 saturated carbocycles. The first kappa shape index (κ1) is 22.0. The van der Waals surface area contributed by atoms with E-state index in [4.69, 9.17) is 16.2 Å². The third kappa shape index (κ3) is 4.14. The first-order valence-corrected chi connectivity index (χ1v) is 12.4. The van der Waals surface area contributed by atoms with Crippen LogP contribution >= 0.6 is 11.3 Å². The lowest BCUT2D eigenvalue weighted by Crippen LogP contribution is -2.50. The first-order valence-electron chi connectivity index (χ1n) is 11.6. The van der Waals surface area contributed by atoms with Crippen molar-refractivity contribution in [2.24, 2.45) is 11.5 Å². The van der Waals surface area contributed by atoms with Crippen LogP contribution in [0.1, 0.15) is 44.5 Å². The van der Waals surface area contributed by atoms with E-state index in [1.165, 1.54) is 20.9 Å². The third-order valence-electron chi connectivity index (χ3n) is 6.79. The Kier molecular flexibility index (Phi) is 6.15. The van der Waals surface area contributed by atoms with E-state index < -0.39 is 0 Å². The molecule has 1 fully saturated rings. The second kappa shape index (κ2) is 9.21. The molecule has 2 aromatic carbocycles. The van der Waals surface area contributed by atoms with E-state index in [1.54, 1.807) is 18.4 Å². The largest absolute Gasteiger partial charge is 0.496 e. The predicted octanol–water partition coefficient (Wildman–Crippen LogP) is 4.12. The molecule has 2 heterocycles. The van der Waals surface area contributed by atoms with Crippen LogP contribution < -0.4 is 21.5 Å². The number of hydrogen-bond acceptors (Lipinski definition) is 6. The summed E-state index contributed by atoms with van der Waals surface area (Å²) in [7, 11) is 1.74. The first-order chi connectivity index (χ1) is 16.1. The van der Waals surface area contributed by atoms with Crippen molar-refractivity contribution < 1.29 is 4.74 Å². The smallest absolute Gasteiger partial charge is 0.122 e. The van der Waals surface area contributed by atoms with E-state index >= 15 is 0 Å². The van der Waals surface area contributed by atoms with Gasteiger partial charge in [0.15, 0.2) is 0 Å². The van der Waals surface area contributed by atoms with E-state index in [0.29, 0.717) is 6.04 Å². The summed E-state index contributed by atoms with van der Waals surface area (Å²) in [4.78, 5) is 4.95. The van der Waals surface area contributed by atoms with Crippen LogP contribution in [0.3, 0.4) is 0 Å². The highest BCUT2D eigenvalue weighted by Crippen LogP contribution is 2.43. The van der Waals surface area contributed by atoms with Gasteiger partial charge in [0.1, 0.15) is 5.75 Å². The van der Waals surface area contributed by atoms with Gasteiger partial charge in [0, 0.05) is 46.6 Å². The maximum atomic E-state index is 6.91. The van der Waals surface area contributed by atoms with Crippen molar-refractivity contribution in [1.82, 2.24) is 10.2 Å². The number of hydrogen-bond donors (Lipinski definition) is 3. The molecule has 2 aliphatic rings. The normalized spacial score (nSPS) is 20.3. The minimum Gasteiger partial charge on any atom is -0.496 e. The number of methoxy groups -OCH3 is 1. The number of thiophene rings is 1. The molecule has 5 nitrogen and oxygen atoms in total. The summed E-state index contributed by atoms with van der Waals surface area (Å²) >= 11 is 1.79. The molecule has 5 rings (SSSR count). The van der Waals surface area contributed by atoms with Crippen molar-refractivity contribution in [2.75, 3.05) is 26.7 Å². The number of nitrogens with two attached hydrogens (primary N) is 2. The quantitative estimate of drug-likeness (QED) is 0.534. The third-order valence-corrected chi connectivity index (χ3v) is 7.92. The Morgan fingerprint density at radius 3 is 2.76 bits per heavy atom. The zero-order chi connectivity index (χ0) is 22.9. The monoisotopic (exact) mass is 460 g/mol. The van der Waals surface area contributed by atoms with Crippen LogP contribution in [0.15, 0.2) is 54.6 Å². The van der Waals surface area contributed by atoms with Crippen LogP contribution in [0.2, 0.25) is 0 Å². The van der Waals surface area contributed by atoms with Crippen LogP contribution in [0.5, 0.6) is 5.75 Å². The molecule has 33 heavy (non-hydrogen) atoms.